The Morgan fingerprint density at radius 1 is 1.38 bits per heavy atom. The summed E-state index contributed by atoms with van der Waals surface area (Å²) in [4.78, 5) is 25.5. The zero-order valence-corrected chi connectivity index (χ0v) is 15.6. The fraction of sp³-hybridized carbons (Fsp3) is 0.353. The van der Waals surface area contributed by atoms with Gasteiger partial charge in [-0.05, 0) is 54.2 Å². The fourth-order valence-corrected chi connectivity index (χ4v) is 2.85. The molecule has 1 heterocycles. The van der Waals surface area contributed by atoms with Gasteiger partial charge >= 0.3 is 0 Å². The van der Waals surface area contributed by atoms with Crippen molar-refractivity contribution in [2.75, 3.05) is 6.61 Å². The van der Waals surface area contributed by atoms with Crippen LogP contribution >= 0.6 is 15.9 Å². The number of benzene rings is 1. The summed E-state index contributed by atoms with van der Waals surface area (Å²) >= 11 is 3.30. The second-order valence-electron chi connectivity index (χ2n) is 5.75. The van der Waals surface area contributed by atoms with Crippen molar-refractivity contribution in [1.82, 2.24) is 15.3 Å². The molecule has 3 N–H and O–H groups in total. The summed E-state index contributed by atoms with van der Waals surface area (Å²) in [5.41, 5.74) is 3.81. The molecule has 2 aromatic rings. The Balaban J connectivity index is 2.15. The van der Waals surface area contributed by atoms with Gasteiger partial charge in [0.05, 0.1) is 17.1 Å². The molecule has 0 aliphatic heterocycles. The molecule has 2 rings (SSSR count). The molecule has 1 amide bonds. The van der Waals surface area contributed by atoms with Crippen LogP contribution in [0.25, 0.3) is 0 Å². The van der Waals surface area contributed by atoms with Crippen LogP contribution in [0.4, 0.5) is 0 Å². The number of nitrogens with one attached hydrogen (secondary N) is 1. The van der Waals surface area contributed by atoms with E-state index in [4.69, 9.17) is 10.7 Å². The number of nitrogens with two attached hydrogens (primary N) is 1. The van der Waals surface area contributed by atoms with Crippen molar-refractivity contribution < 1.29 is 9.63 Å². The van der Waals surface area contributed by atoms with Crippen molar-refractivity contribution in [1.29, 1.82) is 0 Å². The fourth-order valence-electron chi connectivity index (χ4n) is 2.48. The second kappa shape index (κ2) is 8.32. The number of nitrogens with zero attached hydrogens (tertiary/aromatic N) is 2. The molecule has 0 saturated carbocycles. The lowest BCUT2D eigenvalue weighted by Gasteiger charge is -2.19. The van der Waals surface area contributed by atoms with Crippen LogP contribution in [0.2, 0.25) is 0 Å². The first-order valence-corrected chi connectivity index (χ1v) is 8.37. The van der Waals surface area contributed by atoms with Gasteiger partial charge in [-0.1, -0.05) is 23.8 Å². The first-order valence-electron chi connectivity index (χ1n) is 7.58. The van der Waals surface area contributed by atoms with Crippen molar-refractivity contribution in [3.05, 3.63) is 57.1 Å². The summed E-state index contributed by atoms with van der Waals surface area (Å²) in [6.45, 7) is 6.04. The smallest absolute Gasteiger partial charge is 0.271 e. The molecule has 1 aromatic carbocycles. The Hall–Kier alpha value is -1.83. The van der Waals surface area contributed by atoms with Crippen LogP contribution < -0.4 is 11.2 Å². The number of hydrogen-bond acceptors (Lipinski definition) is 5. The van der Waals surface area contributed by atoms with Crippen molar-refractivity contribution >= 4 is 21.8 Å². The molecule has 0 bridgehead atoms. The maximum Gasteiger partial charge on any atom is 0.271 e. The van der Waals surface area contributed by atoms with E-state index in [0.717, 1.165) is 5.56 Å². The largest absolute Gasteiger partial charge is 0.345 e. The van der Waals surface area contributed by atoms with E-state index in [-0.39, 0.29) is 18.6 Å². The quantitative estimate of drug-likeness (QED) is 0.736. The molecule has 6 nitrogen and oxygen atoms in total. The topological polar surface area (TPSA) is 90.1 Å². The lowest BCUT2D eigenvalue weighted by Crippen LogP contribution is -2.41. The van der Waals surface area contributed by atoms with Crippen molar-refractivity contribution in [2.45, 2.75) is 33.2 Å². The molecule has 128 valence electrons. The van der Waals surface area contributed by atoms with Crippen molar-refractivity contribution in [3.63, 3.8) is 0 Å². The van der Waals surface area contributed by atoms with Crippen LogP contribution in [0.3, 0.4) is 0 Å². The average Bonchev–Trinajstić information content (AvgIpc) is 2.52. The molecule has 0 aliphatic carbocycles. The highest BCUT2D eigenvalue weighted by atomic mass is 79.9. The van der Waals surface area contributed by atoms with E-state index in [1.54, 1.807) is 13.1 Å². The zero-order valence-electron chi connectivity index (χ0n) is 14.0. The van der Waals surface area contributed by atoms with Gasteiger partial charge in [0.25, 0.3) is 5.91 Å². The predicted octanol–water partition coefficient (Wildman–Crippen LogP) is 2.40. The van der Waals surface area contributed by atoms with Crippen LogP contribution in [-0.2, 0) is 11.3 Å². The van der Waals surface area contributed by atoms with Crippen LogP contribution in [0.1, 0.15) is 33.0 Å². The number of halogens is 1. The van der Waals surface area contributed by atoms with Gasteiger partial charge in [-0.15, -0.1) is 0 Å². The molecule has 7 heteroatoms. The summed E-state index contributed by atoms with van der Waals surface area (Å²) in [5, 5.41) is 2.93. The lowest BCUT2D eigenvalue weighted by molar-refractivity contribution is 0.0834. The number of carbonyl (C=O) groups excluding carboxylic acids is 1. The summed E-state index contributed by atoms with van der Waals surface area (Å²) in [6.07, 6.45) is 2.19. The normalized spacial score (nSPS) is 12.0. The third kappa shape index (κ3) is 4.83. The van der Waals surface area contributed by atoms with E-state index >= 15 is 0 Å². The SMILES string of the molecule is Cc1ccc(C[C@H](CON)NC(=O)c2nc(C)ncc2Br)c(C)c1. The van der Waals surface area contributed by atoms with E-state index in [1.807, 2.05) is 6.92 Å². The number of carbonyl (C=O) groups is 1. The molecule has 24 heavy (non-hydrogen) atoms. The summed E-state index contributed by atoms with van der Waals surface area (Å²) in [5.74, 6) is 5.47. The molecule has 0 spiro atoms. The van der Waals surface area contributed by atoms with Gasteiger partial charge in [0.2, 0.25) is 0 Å². The number of aromatic nitrogens is 2. The van der Waals surface area contributed by atoms with E-state index in [1.165, 1.54) is 11.1 Å². The molecule has 0 aliphatic rings. The molecule has 0 radical (unpaired) electrons. The summed E-state index contributed by atoms with van der Waals surface area (Å²) in [6, 6.07) is 5.97. The Kier molecular flexibility index (Phi) is 6.42. The maximum absolute atomic E-state index is 12.5. The number of aryl methyl sites for hydroxylation is 3. The third-order valence-electron chi connectivity index (χ3n) is 3.68. The van der Waals surface area contributed by atoms with E-state index < -0.39 is 0 Å². The lowest BCUT2D eigenvalue weighted by atomic mass is 9.99. The van der Waals surface area contributed by atoms with Crippen LogP contribution in [0, 0.1) is 20.8 Å². The molecule has 1 aromatic heterocycles. The van der Waals surface area contributed by atoms with Gasteiger partial charge in [0.1, 0.15) is 11.5 Å². The molecular formula is C17H21BrN4O2. The highest BCUT2D eigenvalue weighted by molar-refractivity contribution is 9.10. The summed E-state index contributed by atoms with van der Waals surface area (Å²) in [7, 11) is 0. The number of hydrogen-bond donors (Lipinski definition) is 2. The Morgan fingerprint density at radius 3 is 2.79 bits per heavy atom. The van der Waals surface area contributed by atoms with Gasteiger partial charge in [0, 0.05) is 6.20 Å². The minimum Gasteiger partial charge on any atom is -0.345 e. The molecule has 0 saturated heterocycles. The maximum atomic E-state index is 12.5. The highest BCUT2D eigenvalue weighted by Crippen LogP contribution is 2.15. The first kappa shape index (κ1) is 18.5. The second-order valence-corrected chi connectivity index (χ2v) is 6.61. The van der Waals surface area contributed by atoms with Crippen LogP contribution in [0.5, 0.6) is 0 Å². The van der Waals surface area contributed by atoms with Crippen molar-refractivity contribution in [2.24, 2.45) is 5.90 Å². The van der Waals surface area contributed by atoms with Gasteiger partial charge in [-0.2, -0.15) is 0 Å². The summed E-state index contributed by atoms with van der Waals surface area (Å²) < 4.78 is 0.546. The molecule has 0 fully saturated rings. The molecular weight excluding hydrogens is 372 g/mol. The third-order valence-corrected chi connectivity index (χ3v) is 4.26. The highest BCUT2D eigenvalue weighted by Gasteiger charge is 2.19. The van der Waals surface area contributed by atoms with E-state index in [0.29, 0.717) is 22.4 Å². The van der Waals surface area contributed by atoms with E-state index in [2.05, 4.69) is 56.3 Å². The van der Waals surface area contributed by atoms with Crippen LogP contribution in [-0.4, -0.2) is 28.5 Å². The van der Waals surface area contributed by atoms with Gasteiger partial charge in [-0.3, -0.25) is 4.79 Å². The molecule has 1 atom stereocenters. The van der Waals surface area contributed by atoms with Gasteiger partial charge < -0.3 is 10.2 Å². The zero-order chi connectivity index (χ0) is 17.7. The van der Waals surface area contributed by atoms with Gasteiger partial charge in [-0.25, -0.2) is 15.9 Å². The minimum absolute atomic E-state index is 0.209. The predicted molar refractivity (Wildman–Crippen MR) is 95.5 cm³/mol. The average molecular weight is 393 g/mol. The standard InChI is InChI=1S/C17H21BrN4O2/c1-10-4-5-13(11(2)6-10)7-14(9-24-19)22-17(23)16-15(18)8-20-12(3)21-16/h4-6,8,14H,7,9,19H2,1-3H3,(H,22,23)/t14-/m1/s1. The Labute approximate surface area is 149 Å². The Morgan fingerprint density at radius 2 is 2.12 bits per heavy atom. The van der Waals surface area contributed by atoms with Crippen LogP contribution in [0.15, 0.2) is 28.9 Å². The minimum atomic E-state index is -0.292. The molecule has 0 unspecified atom stereocenters. The number of amides is 1. The first-order chi connectivity index (χ1) is 11.4. The Bertz CT molecular complexity index is 737. The van der Waals surface area contributed by atoms with Gasteiger partial charge in [0.15, 0.2) is 0 Å². The monoisotopic (exact) mass is 392 g/mol. The number of rotatable bonds is 6. The van der Waals surface area contributed by atoms with E-state index in [9.17, 15) is 4.79 Å². The van der Waals surface area contributed by atoms with Crippen molar-refractivity contribution in [3.8, 4) is 0 Å².